The summed E-state index contributed by atoms with van der Waals surface area (Å²) in [5.41, 5.74) is 0.198. The summed E-state index contributed by atoms with van der Waals surface area (Å²) in [6.07, 6.45) is 1.58. The zero-order valence-corrected chi connectivity index (χ0v) is 13.1. The minimum Gasteiger partial charge on any atom is -0.342 e. The van der Waals surface area contributed by atoms with Crippen molar-refractivity contribution in [1.29, 1.82) is 0 Å². The van der Waals surface area contributed by atoms with Gasteiger partial charge in [-0.2, -0.15) is 0 Å². The molecule has 1 amide bonds. The lowest BCUT2D eigenvalue weighted by molar-refractivity contribution is 0.0797. The molecule has 0 aromatic heterocycles. The van der Waals surface area contributed by atoms with E-state index in [0.717, 1.165) is 32.0 Å². The normalized spacial score (nSPS) is 15.4. The second-order valence-electron chi connectivity index (χ2n) is 5.20. The number of benzene rings is 1. The monoisotopic (exact) mass is 318 g/mol. The van der Waals surface area contributed by atoms with E-state index in [9.17, 15) is 13.6 Å². The summed E-state index contributed by atoms with van der Waals surface area (Å²) in [5.74, 6) is -1.57. The fraction of sp³-hybridized carbons (Fsp3) is 0.533. The molecule has 2 rings (SSSR count). The average molecular weight is 319 g/mol. The van der Waals surface area contributed by atoms with Crippen LogP contribution in [0.5, 0.6) is 0 Å². The fourth-order valence-electron chi connectivity index (χ4n) is 2.52. The predicted octanol–water partition coefficient (Wildman–Crippen LogP) is 2.95. The van der Waals surface area contributed by atoms with Crippen LogP contribution in [0, 0.1) is 11.6 Å². The van der Waals surface area contributed by atoms with Crippen LogP contribution in [0.1, 0.15) is 41.6 Å². The van der Waals surface area contributed by atoms with Crippen molar-refractivity contribution in [1.82, 2.24) is 10.2 Å². The number of halogens is 3. The largest absolute Gasteiger partial charge is 0.342 e. The van der Waals surface area contributed by atoms with Gasteiger partial charge in [0.05, 0.1) is 5.56 Å². The molecule has 1 saturated heterocycles. The van der Waals surface area contributed by atoms with E-state index < -0.39 is 17.5 Å². The lowest BCUT2D eigenvalue weighted by atomic mass is 9.89. The van der Waals surface area contributed by atoms with Crippen molar-refractivity contribution in [2.75, 3.05) is 26.7 Å². The van der Waals surface area contributed by atoms with Crippen molar-refractivity contribution in [3.05, 3.63) is 34.9 Å². The van der Waals surface area contributed by atoms with Crippen LogP contribution in [-0.4, -0.2) is 37.5 Å². The Kier molecular flexibility index (Phi) is 6.55. The summed E-state index contributed by atoms with van der Waals surface area (Å²) in [5, 5.41) is 3.19. The minimum atomic E-state index is -0.634. The zero-order chi connectivity index (χ0) is 14.7. The van der Waals surface area contributed by atoms with Gasteiger partial charge in [0, 0.05) is 13.6 Å². The molecule has 0 atom stereocenters. The van der Waals surface area contributed by atoms with Crippen LogP contribution in [0.4, 0.5) is 8.78 Å². The summed E-state index contributed by atoms with van der Waals surface area (Å²) >= 11 is 0. The Morgan fingerprint density at radius 3 is 2.48 bits per heavy atom. The van der Waals surface area contributed by atoms with Crippen LogP contribution >= 0.6 is 12.4 Å². The van der Waals surface area contributed by atoms with Gasteiger partial charge in [0.25, 0.3) is 5.91 Å². The van der Waals surface area contributed by atoms with E-state index in [1.807, 2.05) is 0 Å². The fourth-order valence-corrected chi connectivity index (χ4v) is 2.52. The first-order valence-corrected chi connectivity index (χ1v) is 6.99. The summed E-state index contributed by atoms with van der Waals surface area (Å²) < 4.78 is 28.3. The Morgan fingerprint density at radius 2 is 1.90 bits per heavy atom. The summed E-state index contributed by atoms with van der Waals surface area (Å²) in [6, 6.07) is 2.24. The molecule has 21 heavy (non-hydrogen) atoms. The Balaban J connectivity index is 0.00000220. The smallest absolute Gasteiger partial charge is 0.256 e. The van der Waals surface area contributed by atoms with Gasteiger partial charge in [0.2, 0.25) is 0 Å². The molecule has 3 nitrogen and oxygen atoms in total. The second-order valence-corrected chi connectivity index (χ2v) is 5.20. The molecule has 0 bridgehead atoms. The number of rotatable bonds is 3. The standard InChI is InChI=1S/C15H20F2N2O.ClH/c1-3-19(2)15(20)12-9-13(16)11(8-14(12)17)10-4-6-18-7-5-10;/h8-10,18H,3-7H2,1-2H3;1H. The Morgan fingerprint density at radius 1 is 1.29 bits per heavy atom. The van der Waals surface area contributed by atoms with Gasteiger partial charge in [0.15, 0.2) is 0 Å². The van der Waals surface area contributed by atoms with E-state index >= 15 is 0 Å². The summed E-state index contributed by atoms with van der Waals surface area (Å²) in [6.45, 7) is 3.86. The highest BCUT2D eigenvalue weighted by Crippen LogP contribution is 2.29. The van der Waals surface area contributed by atoms with Gasteiger partial charge in [-0.1, -0.05) is 0 Å². The highest BCUT2D eigenvalue weighted by Gasteiger charge is 2.23. The molecule has 1 N–H and O–H groups in total. The molecule has 1 heterocycles. The number of nitrogens with zero attached hydrogens (tertiary/aromatic N) is 1. The number of amides is 1. The molecule has 1 aliphatic rings. The molecule has 6 heteroatoms. The van der Waals surface area contributed by atoms with Gasteiger partial charge in [-0.3, -0.25) is 4.79 Å². The molecule has 1 aromatic carbocycles. The maximum atomic E-state index is 14.2. The van der Waals surface area contributed by atoms with Gasteiger partial charge in [0.1, 0.15) is 11.6 Å². The van der Waals surface area contributed by atoms with E-state index in [-0.39, 0.29) is 23.9 Å². The van der Waals surface area contributed by atoms with E-state index in [4.69, 9.17) is 0 Å². The lowest BCUT2D eigenvalue weighted by Gasteiger charge is -2.24. The van der Waals surface area contributed by atoms with Crippen molar-refractivity contribution in [2.45, 2.75) is 25.7 Å². The number of hydrogen-bond donors (Lipinski definition) is 1. The number of hydrogen-bond acceptors (Lipinski definition) is 2. The van der Waals surface area contributed by atoms with Crippen molar-refractivity contribution in [3.8, 4) is 0 Å². The molecule has 118 valence electrons. The maximum absolute atomic E-state index is 14.2. The first-order valence-electron chi connectivity index (χ1n) is 6.99. The van der Waals surface area contributed by atoms with Crippen molar-refractivity contribution in [3.63, 3.8) is 0 Å². The molecular weight excluding hydrogens is 298 g/mol. The number of piperidine rings is 1. The van der Waals surface area contributed by atoms with Gasteiger partial charge < -0.3 is 10.2 Å². The Labute approximate surface area is 130 Å². The van der Waals surface area contributed by atoms with Gasteiger partial charge in [-0.05, 0) is 56.5 Å². The third-order valence-electron chi connectivity index (χ3n) is 3.92. The van der Waals surface area contributed by atoms with Crippen molar-refractivity contribution in [2.24, 2.45) is 0 Å². The molecule has 0 aliphatic carbocycles. The van der Waals surface area contributed by atoms with Crippen LogP contribution in [0.25, 0.3) is 0 Å². The third-order valence-corrected chi connectivity index (χ3v) is 3.92. The molecule has 0 radical (unpaired) electrons. The maximum Gasteiger partial charge on any atom is 0.256 e. The van der Waals surface area contributed by atoms with Crippen molar-refractivity contribution < 1.29 is 13.6 Å². The van der Waals surface area contributed by atoms with Crippen LogP contribution in [-0.2, 0) is 0 Å². The molecule has 0 unspecified atom stereocenters. The molecule has 1 aliphatic heterocycles. The Hall–Kier alpha value is -1.20. The third kappa shape index (κ3) is 3.92. The van der Waals surface area contributed by atoms with Crippen LogP contribution in [0.15, 0.2) is 12.1 Å². The van der Waals surface area contributed by atoms with Gasteiger partial charge in [-0.15, -0.1) is 12.4 Å². The number of carbonyl (C=O) groups is 1. The molecule has 1 aromatic rings. The summed E-state index contributed by atoms with van der Waals surface area (Å²) in [4.78, 5) is 13.3. The van der Waals surface area contributed by atoms with Crippen molar-refractivity contribution >= 4 is 18.3 Å². The molecular formula is C15H21ClF2N2O. The van der Waals surface area contributed by atoms with Gasteiger partial charge >= 0.3 is 0 Å². The molecule has 0 spiro atoms. The van der Waals surface area contributed by atoms with E-state index in [1.54, 1.807) is 14.0 Å². The second kappa shape index (κ2) is 7.71. The topological polar surface area (TPSA) is 32.3 Å². The van der Waals surface area contributed by atoms with Crippen LogP contribution < -0.4 is 5.32 Å². The summed E-state index contributed by atoms with van der Waals surface area (Å²) in [7, 11) is 1.57. The lowest BCUT2D eigenvalue weighted by Crippen LogP contribution is -2.28. The zero-order valence-electron chi connectivity index (χ0n) is 12.3. The SMILES string of the molecule is CCN(C)C(=O)c1cc(F)c(C2CCNCC2)cc1F.Cl. The van der Waals surface area contributed by atoms with E-state index in [0.29, 0.717) is 12.1 Å². The van der Waals surface area contributed by atoms with E-state index in [1.165, 1.54) is 11.0 Å². The highest BCUT2D eigenvalue weighted by atomic mass is 35.5. The minimum absolute atomic E-state index is 0. The highest BCUT2D eigenvalue weighted by molar-refractivity contribution is 5.94. The first kappa shape index (κ1) is 17.9. The quantitative estimate of drug-likeness (QED) is 0.929. The number of nitrogens with one attached hydrogen (secondary N) is 1. The predicted molar refractivity (Wildman–Crippen MR) is 81.1 cm³/mol. The van der Waals surface area contributed by atoms with Gasteiger partial charge in [-0.25, -0.2) is 8.78 Å². The van der Waals surface area contributed by atoms with Crippen LogP contribution in [0.3, 0.4) is 0 Å². The number of carbonyl (C=O) groups excluding carboxylic acids is 1. The Bertz CT molecular complexity index is 505. The van der Waals surface area contributed by atoms with E-state index in [2.05, 4.69) is 5.32 Å². The molecule has 1 fully saturated rings. The molecule has 0 saturated carbocycles. The average Bonchev–Trinajstić information content (AvgIpc) is 2.48. The van der Waals surface area contributed by atoms with Crippen LogP contribution in [0.2, 0.25) is 0 Å². The first-order chi connectivity index (χ1) is 9.54.